The average molecular weight is 124 g/mol. The first-order chi connectivity index (χ1) is 4.35. The first-order valence-electron chi connectivity index (χ1n) is 3.02. The van der Waals surface area contributed by atoms with Gasteiger partial charge in [-0.25, -0.2) is 0 Å². The maximum Gasteiger partial charge on any atom is 0.0310 e. The van der Waals surface area contributed by atoms with Crippen LogP contribution in [0, 0.1) is 5.41 Å². The van der Waals surface area contributed by atoms with Crippen LogP contribution in [-0.4, -0.2) is 12.4 Å². The van der Waals surface area contributed by atoms with E-state index in [2.05, 4.69) is 4.99 Å². The van der Waals surface area contributed by atoms with Crippen LogP contribution in [0.5, 0.6) is 0 Å². The molecule has 2 nitrogen and oxygen atoms in total. The summed E-state index contributed by atoms with van der Waals surface area (Å²) in [6.45, 7) is 3.86. The standard InChI is InChI=1S/C7H12N2/c1-3-7(5-8)6-9-4-2/h4-6,8H,3H2,1-2H3/b7-6-,8-5?,9-4-. The van der Waals surface area contributed by atoms with Crippen molar-refractivity contribution in [3.63, 3.8) is 0 Å². The van der Waals surface area contributed by atoms with Crippen LogP contribution in [0.2, 0.25) is 0 Å². The van der Waals surface area contributed by atoms with Gasteiger partial charge in [-0.3, -0.25) is 4.99 Å². The minimum atomic E-state index is 0.876. The average Bonchev–Trinajstić information content (AvgIpc) is 1.91. The first kappa shape index (κ1) is 8.08. The summed E-state index contributed by atoms with van der Waals surface area (Å²) in [5.41, 5.74) is 0.952. The molecule has 9 heavy (non-hydrogen) atoms. The molecule has 0 aliphatic heterocycles. The Morgan fingerprint density at radius 3 is 2.67 bits per heavy atom. The Morgan fingerprint density at radius 1 is 1.67 bits per heavy atom. The molecule has 0 amide bonds. The third-order valence-electron chi connectivity index (χ3n) is 0.983. The Bertz CT molecular complexity index is 134. The highest BCUT2D eigenvalue weighted by Gasteiger charge is 1.82. The number of nitrogens with one attached hydrogen (secondary N) is 1. The molecule has 50 valence electrons. The molecule has 0 aromatic heterocycles. The highest BCUT2D eigenvalue weighted by Crippen LogP contribution is 1.94. The smallest absolute Gasteiger partial charge is 0.0310 e. The summed E-state index contributed by atoms with van der Waals surface area (Å²) in [5, 5.41) is 6.87. The van der Waals surface area contributed by atoms with Gasteiger partial charge in [-0.1, -0.05) is 6.92 Å². The van der Waals surface area contributed by atoms with E-state index in [0.29, 0.717) is 0 Å². The number of hydrogen-bond acceptors (Lipinski definition) is 2. The van der Waals surface area contributed by atoms with Crippen molar-refractivity contribution in [1.82, 2.24) is 0 Å². The van der Waals surface area contributed by atoms with Crippen LogP contribution >= 0.6 is 0 Å². The largest absolute Gasteiger partial charge is 0.308 e. The van der Waals surface area contributed by atoms with Crippen molar-refractivity contribution in [1.29, 1.82) is 5.41 Å². The quantitative estimate of drug-likeness (QED) is 0.559. The molecule has 0 aromatic rings. The number of allylic oxidation sites excluding steroid dienone is 1. The van der Waals surface area contributed by atoms with Gasteiger partial charge in [-0.15, -0.1) is 0 Å². The second kappa shape index (κ2) is 5.22. The molecular formula is C7H12N2. The Balaban J connectivity index is 3.90. The summed E-state index contributed by atoms with van der Waals surface area (Å²) in [4.78, 5) is 3.88. The van der Waals surface area contributed by atoms with Crippen molar-refractivity contribution in [2.24, 2.45) is 4.99 Å². The lowest BCUT2D eigenvalue weighted by Gasteiger charge is -1.87. The van der Waals surface area contributed by atoms with Gasteiger partial charge in [0.25, 0.3) is 0 Å². The van der Waals surface area contributed by atoms with Crippen molar-refractivity contribution in [2.45, 2.75) is 20.3 Å². The van der Waals surface area contributed by atoms with Crippen LogP contribution in [-0.2, 0) is 0 Å². The van der Waals surface area contributed by atoms with Crippen LogP contribution < -0.4 is 0 Å². The molecule has 0 aromatic carbocycles. The van der Waals surface area contributed by atoms with E-state index in [9.17, 15) is 0 Å². The molecule has 0 unspecified atom stereocenters. The minimum absolute atomic E-state index is 0.876. The van der Waals surface area contributed by atoms with Gasteiger partial charge in [0.05, 0.1) is 0 Å². The zero-order chi connectivity index (χ0) is 7.11. The molecule has 0 atom stereocenters. The predicted octanol–water partition coefficient (Wildman–Crippen LogP) is 2.02. The highest BCUT2D eigenvalue weighted by atomic mass is 14.7. The third kappa shape index (κ3) is 3.64. The zero-order valence-electron chi connectivity index (χ0n) is 5.89. The monoisotopic (exact) mass is 124 g/mol. The van der Waals surface area contributed by atoms with Gasteiger partial charge in [0.15, 0.2) is 0 Å². The van der Waals surface area contributed by atoms with Crippen molar-refractivity contribution in [3.05, 3.63) is 11.8 Å². The molecular weight excluding hydrogens is 112 g/mol. The van der Waals surface area contributed by atoms with E-state index in [-0.39, 0.29) is 0 Å². The van der Waals surface area contributed by atoms with Gasteiger partial charge in [0.2, 0.25) is 0 Å². The molecule has 0 aliphatic carbocycles. The van der Waals surface area contributed by atoms with E-state index in [1.165, 1.54) is 6.21 Å². The van der Waals surface area contributed by atoms with Crippen molar-refractivity contribution < 1.29 is 0 Å². The minimum Gasteiger partial charge on any atom is -0.308 e. The first-order valence-corrected chi connectivity index (χ1v) is 3.02. The van der Waals surface area contributed by atoms with Crippen molar-refractivity contribution in [2.75, 3.05) is 0 Å². The molecule has 0 saturated carbocycles. The van der Waals surface area contributed by atoms with Gasteiger partial charge < -0.3 is 5.41 Å². The Hall–Kier alpha value is -0.920. The molecule has 0 fully saturated rings. The van der Waals surface area contributed by atoms with Crippen LogP contribution in [0.25, 0.3) is 0 Å². The van der Waals surface area contributed by atoms with E-state index >= 15 is 0 Å². The summed E-state index contributed by atoms with van der Waals surface area (Å²) in [5.74, 6) is 0. The van der Waals surface area contributed by atoms with E-state index in [4.69, 9.17) is 5.41 Å². The number of nitrogens with zero attached hydrogens (tertiary/aromatic N) is 1. The Kier molecular flexibility index (Phi) is 4.69. The summed E-state index contributed by atoms with van der Waals surface area (Å²) >= 11 is 0. The van der Waals surface area contributed by atoms with Crippen molar-refractivity contribution in [3.8, 4) is 0 Å². The van der Waals surface area contributed by atoms with Crippen LogP contribution in [0.3, 0.4) is 0 Å². The lowest BCUT2D eigenvalue weighted by atomic mass is 10.2. The molecule has 0 radical (unpaired) electrons. The van der Waals surface area contributed by atoms with E-state index in [0.717, 1.165) is 12.0 Å². The highest BCUT2D eigenvalue weighted by molar-refractivity contribution is 5.75. The zero-order valence-corrected chi connectivity index (χ0v) is 5.89. The second-order valence-electron chi connectivity index (χ2n) is 1.61. The fourth-order valence-corrected chi connectivity index (χ4v) is 0.401. The summed E-state index contributed by atoms with van der Waals surface area (Å²) < 4.78 is 0. The molecule has 0 rings (SSSR count). The van der Waals surface area contributed by atoms with Crippen LogP contribution in [0.15, 0.2) is 16.8 Å². The maximum absolute atomic E-state index is 6.87. The maximum atomic E-state index is 6.87. The summed E-state index contributed by atoms with van der Waals surface area (Å²) in [6, 6.07) is 0. The lowest BCUT2D eigenvalue weighted by Crippen LogP contribution is -1.78. The predicted molar refractivity (Wildman–Crippen MR) is 41.3 cm³/mol. The molecule has 1 N–H and O–H groups in total. The van der Waals surface area contributed by atoms with Crippen LogP contribution in [0.4, 0.5) is 0 Å². The van der Waals surface area contributed by atoms with E-state index in [1.54, 1.807) is 12.4 Å². The van der Waals surface area contributed by atoms with Gasteiger partial charge >= 0.3 is 0 Å². The van der Waals surface area contributed by atoms with Gasteiger partial charge in [0, 0.05) is 18.6 Å². The number of hydrogen-bond donors (Lipinski definition) is 1. The van der Waals surface area contributed by atoms with Gasteiger partial charge in [0.1, 0.15) is 0 Å². The molecule has 2 heteroatoms. The normalized spacial score (nSPS) is 12.4. The topological polar surface area (TPSA) is 36.2 Å². The molecule has 0 aliphatic rings. The Labute approximate surface area is 55.8 Å². The van der Waals surface area contributed by atoms with Gasteiger partial charge in [-0.05, 0) is 18.9 Å². The number of rotatable bonds is 3. The number of aliphatic imine (C=N–C) groups is 1. The Morgan fingerprint density at radius 2 is 2.33 bits per heavy atom. The third-order valence-corrected chi connectivity index (χ3v) is 0.983. The van der Waals surface area contributed by atoms with Crippen molar-refractivity contribution >= 4 is 12.4 Å². The fraction of sp³-hybridized carbons (Fsp3) is 0.429. The molecule has 0 bridgehead atoms. The fourth-order valence-electron chi connectivity index (χ4n) is 0.401. The molecule has 0 spiro atoms. The SMILES string of the molecule is C/C=N\C=C(/C=N)CC. The van der Waals surface area contributed by atoms with E-state index < -0.39 is 0 Å². The summed E-state index contributed by atoms with van der Waals surface area (Å²) in [7, 11) is 0. The van der Waals surface area contributed by atoms with Crippen LogP contribution in [0.1, 0.15) is 20.3 Å². The van der Waals surface area contributed by atoms with E-state index in [1.807, 2.05) is 13.8 Å². The molecule has 0 heterocycles. The van der Waals surface area contributed by atoms with Gasteiger partial charge in [-0.2, -0.15) is 0 Å². The molecule has 0 saturated heterocycles. The lowest BCUT2D eigenvalue weighted by molar-refractivity contribution is 1.16. The second-order valence-corrected chi connectivity index (χ2v) is 1.61. The summed E-state index contributed by atoms with van der Waals surface area (Å²) in [6.07, 6.45) is 5.61.